The molecule has 1 heterocycles. The zero-order chi connectivity index (χ0) is 10.8. The minimum Gasteiger partial charge on any atom is -0.477 e. The van der Waals surface area contributed by atoms with Crippen LogP contribution < -0.4 is 0 Å². The van der Waals surface area contributed by atoms with Crippen LogP contribution in [0.5, 0.6) is 0 Å². The molecular formula is C8H12F2O4. The molecular weight excluding hydrogens is 198 g/mol. The zero-order valence-corrected chi connectivity index (χ0v) is 7.76. The predicted octanol–water partition coefficient (Wildman–Crippen LogP) is 0.902. The Hall–Kier alpha value is -0.750. The lowest BCUT2D eigenvalue weighted by atomic mass is 9.87. The summed E-state index contributed by atoms with van der Waals surface area (Å²) in [5.41, 5.74) is -1.92. The van der Waals surface area contributed by atoms with Crippen LogP contribution in [-0.2, 0) is 14.3 Å². The normalized spacial score (nSPS) is 21.9. The summed E-state index contributed by atoms with van der Waals surface area (Å²) in [6.45, 7) is 0.188. The van der Waals surface area contributed by atoms with Gasteiger partial charge >= 0.3 is 11.9 Å². The van der Waals surface area contributed by atoms with E-state index in [2.05, 4.69) is 0 Å². The van der Waals surface area contributed by atoms with Gasteiger partial charge in [0.1, 0.15) is 5.60 Å². The number of rotatable bonds is 3. The Morgan fingerprint density at radius 3 is 2.36 bits per heavy atom. The first-order chi connectivity index (χ1) is 6.46. The summed E-state index contributed by atoms with van der Waals surface area (Å²) in [6.07, 6.45) is -0.217. The maximum Gasteiger partial charge on any atom is 0.377 e. The van der Waals surface area contributed by atoms with Crippen molar-refractivity contribution in [3.8, 4) is 0 Å². The van der Waals surface area contributed by atoms with Crippen molar-refractivity contribution in [1.82, 2.24) is 0 Å². The van der Waals surface area contributed by atoms with Crippen LogP contribution in [0.2, 0.25) is 0 Å². The smallest absolute Gasteiger partial charge is 0.377 e. The number of ether oxygens (including phenoxy) is 2. The van der Waals surface area contributed by atoms with E-state index >= 15 is 0 Å². The van der Waals surface area contributed by atoms with E-state index in [4.69, 9.17) is 14.6 Å². The maximum absolute atomic E-state index is 13.3. The van der Waals surface area contributed by atoms with E-state index in [1.165, 1.54) is 0 Å². The summed E-state index contributed by atoms with van der Waals surface area (Å²) in [5.74, 6) is -6.02. The van der Waals surface area contributed by atoms with Crippen molar-refractivity contribution in [2.75, 3.05) is 20.3 Å². The lowest BCUT2D eigenvalue weighted by Gasteiger charge is -2.39. The highest BCUT2D eigenvalue weighted by Gasteiger charge is 2.60. The number of hydrogen-bond donors (Lipinski definition) is 1. The highest BCUT2D eigenvalue weighted by atomic mass is 19.3. The number of methoxy groups -OCH3 is 1. The number of alkyl halides is 2. The molecule has 1 aliphatic rings. The first-order valence-electron chi connectivity index (χ1n) is 4.20. The van der Waals surface area contributed by atoms with E-state index in [0.29, 0.717) is 0 Å². The predicted molar refractivity (Wildman–Crippen MR) is 42.4 cm³/mol. The largest absolute Gasteiger partial charge is 0.477 e. The van der Waals surface area contributed by atoms with Crippen LogP contribution in [0.1, 0.15) is 12.8 Å². The standard InChI is InChI=1S/C8H12F2O4/c1-13-7(2-4-14-5-3-7)8(9,10)6(11)12/h2-5H2,1H3,(H,11,12). The third-order valence-electron chi connectivity index (χ3n) is 2.53. The van der Waals surface area contributed by atoms with Gasteiger partial charge in [-0.3, -0.25) is 0 Å². The molecule has 0 aromatic rings. The molecule has 0 atom stereocenters. The Balaban J connectivity index is 2.92. The molecule has 1 fully saturated rings. The molecule has 1 aliphatic heterocycles. The van der Waals surface area contributed by atoms with Crippen LogP contribution in [-0.4, -0.2) is 42.9 Å². The topological polar surface area (TPSA) is 55.8 Å². The van der Waals surface area contributed by atoms with Gasteiger partial charge in [-0.15, -0.1) is 0 Å². The van der Waals surface area contributed by atoms with Crippen molar-refractivity contribution < 1.29 is 28.2 Å². The van der Waals surface area contributed by atoms with Gasteiger partial charge in [-0.1, -0.05) is 0 Å². The number of halogens is 2. The van der Waals surface area contributed by atoms with Gasteiger partial charge in [0.2, 0.25) is 0 Å². The molecule has 0 amide bonds. The highest BCUT2D eigenvalue weighted by Crippen LogP contribution is 2.39. The van der Waals surface area contributed by atoms with Crippen molar-refractivity contribution in [2.24, 2.45) is 0 Å². The Labute approximate surface area is 79.8 Å². The molecule has 0 aromatic heterocycles. The summed E-state index contributed by atoms with van der Waals surface area (Å²) in [4.78, 5) is 10.4. The van der Waals surface area contributed by atoms with Crippen LogP contribution >= 0.6 is 0 Å². The van der Waals surface area contributed by atoms with Crippen LogP contribution in [0.15, 0.2) is 0 Å². The zero-order valence-electron chi connectivity index (χ0n) is 7.76. The Bertz CT molecular complexity index is 223. The maximum atomic E-state index is 13.3. The van der Waals surface area contributed by atoms with Gasteiger partial charge in [0.05, 0.1) is 0 Å². The molecule has 0 radical (unpaired) electrons. The van der Waals surface area contributed by atoms with E-state index in [1.807, 2.05) is 0 Å². The summed E-state index contributed by atoms with van der Waals surface area (Å²) in [6, 6.07) is 0. The van der Waals surface area contributed by atoms with Crippen molar-refractivity contribution in [3.63, 3.8) is 0 Å². The third kappa shape index (κ3) is 1.59. The van der Waals surface area contributed by atoms with Crippen molar-refractivity contribution in [3.05, 3.63) is 0 Å². The Kier molecular flexibility index (Phi) is 3.06. The number of carboxylic acids is 1. The van der Waals surface area contributed by atoms with Gasteiger partial charge in [-0.2, -0.15) is 8.78 Å². The number of aliphatic carboxylic acids is 1. The fraction of sp³-hybridized carbons (Fsp3) is 0.875. The summed E-state index contributed by atoms with van der Waals surface area (Å²) in [5, 5.41) is 8.42. The molecule has 6 heteroatoms. The van der Waals surface area contributed by atoms with Crippen molar-refractivity contribution in [2.45, 2.75) is 24.4 Å². The van der Waals surface area contributed by atoms with E-state index < -0.39 is 17.5 Å². The number of hydrogen-bond acceptors (Lipinski definition) is 3. The molecule has 0 saturated carbocycles. The second kappa shape index (κ2) is 3.78. The first kappa shape index (κ1) is 11.3. The number of carboxylic acid groups (broad SMARTS) is 1. The van der Waals surface area contributed by atoms with Gasteiger partial charge in [0.15, 0.2) is 0 Å². The Morgan fingerprint density at radius 1 is 1.50 bits per heavy atom. The summed E-state index contributed by atoms with van der Waals surface area (Å²) in [7, 11) is 1.10. The second-order valence-corrected chi connectivity index (χ2v) is 3.19. The molecule has 0 bridgehead atoms. The Morgan fingerprint density at radius 2 is 2.00 bits per heavy atom. The fourth-order valence-electron chi connectivity index (χ4n) is 1.54. The number of carbonyl (C=O) groups is 1. The van der Waals surface area contributed by atoms with Crippen molar-refractivity contribution >= 4 is 5.97 Å². The molecule has 1 rings (SSSR count). The summed E-state index contributed by atoms with van der Waals surface area (Å²) >= 11 is 0. The molecule has 1 N–H and O–H groups in total. The van der Waals surface area contributed by atoms with E-state index in [1.54, 1.807) is 0 Å². The van der Waals surface area contributed by atoms with Gasteiger partial charge in [0, 0.05) is 33.2 Å². The fourth-order valence-corrected chi connectivity index (χ4v) is 1.54. The lowest BCUT2D eigenvalue weighted by molar-refractivity contribution is -0.235. The van der Waals surface area contributed by atoms with E-state index in [-0.39, 0.29) is 26.1 Å². The van der Waals surface area contributed by atoms with E-state index in [9.17, 15) is 13.6 Å². The third-order valence-corrected chi connectivity index (χ3v) is 2.53. The van der Waals surface area contributed by atoms with Crippen molar-refractivity contribution in [1.29, 1.82) is 0 Å². The van der Waals surface area contributed by atoms with Gasteiger partial charge in [-0.05, 0) is 0 Å². The van der Waals surface area contributed by atoms with Gasteiger partial charge in [-0.25, -0.2) is 4.79 Å². The molecule has 0 aliphatic carbocycles. The molecule has 82 valence electrons. The van der Waals surface area contributed by atoms with E-state index in [0.717, 1.165) is 7.11 Å². The van der Waals surface area contributed by atoms with Crippen LogP contribution in [0.4, 0.5) is 8.78 Å². The molecule has 0 aromatic carbocycles. The minimum atomic E-state index is -3.87. The average molecular weight is 210 g/mol. The SMILES string of the molecule is COC1(C(F)(F)C(=O)O)CCOCC1. The molecule has 1 saturated heterocycles. The highest BCUT2D eigenvalue weighted by molar-refractivity contribution is 5.77. The quantitative estimate of drug-likeness (QED) is 0.752. The first-order valence-corrected chi connectivity index (χ1v) is 4.20. The summed E-state index contributed by atoms with van der Waals surface area (Å²) < 4.78 is 36.2. The van der Waals surface area contributed by atoms with Crippen LogP contribution in [0.25, 0.3) is 0 Å². The van der Waals surface area contributed by atoms with Crippen LogP contribution in [0, 0.1) is 0 Å². The molecule has 4 nitrogen and oxygen atoms in total. The lowest BCUT2D eigenvalue weighted by Crippen LogP contribution is -2.57. The molecule has 0 unspecified atom stereocenters. The monoisotopic (exact) mass is 210 g/mol. The van der Waals surface area contributed by atoms with Gasteiger partial charge in [0.25, 0.3) is 0 Å². The van der Waals surface area contributed by atoms with Gasteiger partial charge < -0.3 is 14.6 Å². The average Bonchev–Trinajstić information content (AvgIpc) is 2.18. The van der Waals surface area contributed by atoms with Crippen LogP contribution in [0.3, 0.4) is 0 Å². The minimum absolute atomic E-state index is 0.0940. The second-order valence-electron chi connectivity index (χ2n) is 3.19. The molecule has 14 heavy (non-hydrogen) atoms. The molecule has 0 spiro atoms.